The van der Waals surface area contributed by atoms with Crippen LogP contribution in [0.25, 0.3) is 0 Å². The topological polar surface area (TPSA) is 117 Å². The van der Waals surface area contributed by atoms with Crippen LogP contribution in [-0.4, -0.2) is 34.7 Å². The van der Waals surface area contributed by atoms with Gasteiger partial charge in [0, 0.05) is 17.7 Å². The summed E-state index contributed by atoms with van der Waals surface area (Å²) in [5, 5.41) is 27.0. The molecule has 0 saturated heterocycles. The van der Waals surface area contributed by atoms with Gasteiger partial charge >= 0.3 is 5.69 Å². The van der Waals surface area contributed by atoms with Gasteiger partial charge in [0.1, 0.15) is 0 Å². The van der Waals surface area contributed by atoms with E-state index in [2.05, 4.69) is 15.8 Å². The molecule has 1 amide bonds. The molecule has 1 aromatic carbocycles. The summed E-state index contributed by atoms with van der Waals surface area (Å²) in [5.74, 6) is -0.673. The second kappa shape index (κ2) is 8.23. The summed E-state index contributed by atoms with van der Waals surface area (Å²) in [6.45, 7) is 0.192. The van der Waals surface area contributed by atoms with Gasteiger partial charge in [-0.05, 0) is 25.0 Å². The van der Waals surface area contributed by atoms with E-state index in [0.717, 1.165) is 12.8 Å². The monoisotopic (exact) mass is 320 g/mol. The molecule has 23 heavy (non-hydrogen) atoms. The number of hydrogen-bond donors (Lipinski definition) is 3. The molecule has 0 aliphatic heterocycles. The number of nitrogens with one attached hydrogen (secondary N) is 2. The molecule has 0 aromatic heterocycles. The van der Waals surface area contributed by atoms with Gasteiger partial charge in [-0.25, -0.2) is 5.43 Å². The number of hydrogen-bond acceptors (Lipinski definition) is 6. The Bertz CT molecular complexity index is 597. The molecule has 1 aromatic rings. The van der Waals surface area contributed by atoms with Gasteiger partial charge in [0.05, 0.1) is 17.7 Å². The third-order valence-corrected chi connectivity index (χ3v) is 3.76. The lowest BCUT2D eigenvalue weighted by molar-refractivity contribution is -0.385. The maximum atomic E-state index is 11.7. The summed E-state index contributed by atoms with van der Waals surface area (Å²) in [5.41, 5.74) is 2.38. The highest BCUT2D eigenvalue weighted by Crippen LogP contribution is 2.25. The lowest BCUT2D eigenvalue weighted by atomic mass is 9.95. The summed E-state index contributed by atoms with van der Waals surface area (Å²) in [6, 6.07) is 4.26. The van der Waals surface area contributed by atoms with Crippen molar-refractivity contribution in [2.24, 2.45) is 5.10 Å². The second-order valence-electron chi connectivity index (χ2n) is 5.51. The molecule has 0 spiro atoms. The van der Waals surface area contributed by atoms with Crippen molar-refractivity contribution in [3.63, 3.8) is 0 Å². The molecule has 124 valence electrons. The number of carbonyl (C=O) groups is 1. The van der Waals surface area contributed by atoms with Crippen LogP contribution in [-0.2, 0) is 4.79 Å². The van der Waals surface area contributed by atoms with Crippen LogP contribution in [0.4, 0.5) is 5.69 Å². The van der Waals surface area contributed by atoms with Crippen molar-refractivity contribution in [2.75, 3.05) is 6.54 Å². The van der Waals surface area contributed by atoms with Crippen molar-refractivity contribution >= 4 is 17.8 Å². The van der Waals surface area contributed by atoms with E-state index in [4.69, 9.17) is 0 Å². The van der Waals surface area contributed by atoms with Crippen molar-refractivity contribution in [3.8, 4) is 5.75 Å². The van der Waals surface area contributed by atoms with Gasteiger partial charge in [-0.3, -0.25) is 14.9 Å². The van der Waals surface area contributed by atoms with Crippen LogP contribution in [0.5, 0.6) is 5.75 Å². The Morgan fingerprint density at radius 3 is 2.83 bits per heavy atom. The molecular formula is C15H20N4O4. The predicted octanol–water partition coefficient (Wildman–Crippen LogP) is 1.67. The summed E-state index contributed by atoms with van der Waals surface area (Å²) >= 11 is 0. The number of aromatic hydroxyl groups is 1. The molecule has 0 radical (unpaired) electrons. The molecule has 8 heteroatoms. The van der Waals surface area contributed by atoms with E-state index in [9.17, 15) is 20.0 Å². The zero-order valence-electron chi connectivity index (χ0n) is 12.7. The Hall–Kier alpha value is -2.48. The standard InChI is InChI=1S/C15H20N4O4/c20-14-7-6-11(8-13(14)19(22)23)9-17-18-15(21)10-16-12-4-2-1-3-5-12/h6-9,12,16,20H,1-5,10H2,(H,18,21)/b17-9-. The Balaban J connectivity index is 1.80. The van der Waals surface area contributed by atoms with Gasteiger partial charge in [-0.2, -0.15) is 5.10 Å². The number of rotatable bonds is 6. The van der Waals surface area contributed by atoms with Crippen LogP contribution in [0.1, 0.15) is 37.7 Å². The van der Waals surface area contributed by atoms with Gasteiger partial charge < -0.3 is 10.4 Å². The van der Waals surface area contributed by atoms with Gasteiger partial charge in [0.15, 0.2) is 5.75 Å². The average Bonchev–Trinajstić information content (AvgIpc) is 2.55. The summed E-state index contributed by atoms with van der Waals surface area (Å²) in [4.78, 5) is 21.7. The maximum absolute atomic E-state index is 11.7. The average molecular weight is 320 g/mol. The number of nitro benzene ring substituents is 1. The van der Waals surface area contributed by atoms with E-state index in [-0.39, 0.29) is 12.5 Å². The first-order valence-electron chi connectivity index (χ1n) is 7.59. The minimum atomic E-state index is -0.681. The molecular weight excluding hydrogens is 300 g/mol. The smallest absolute Gasteiger partial charge is 0.311 e. The van der Waals surface area contributed by atoms with Crippen molar-refractivity contribution < 1.29 is 14.8 Å². The molecule has 1 aliphatic rings. The normalized spacial score (nSPS) is 15.7. The number of amides is 1. The van der Waals surface area contributed by atoms with Gasteiger partial charge in [-0.15, -0.1) is 0 Å². The van der Waals surface area contributed by atoms with E-state index in [1.807, 2.05) is 0 Å². The zero-order valence-corrected chi connectivity index (χ0v) is 12.7. The molecule has 1 saturated carbocycles. The minimum absolute atomic E-state index is 0.192. The second-order valence-corrected chi connectivity index (χ2v) is 5.51. The largest absolute Gasteiger partial charge is 0.502 e. The summed E-state index contributed by atoms with van der Waals surface area (Å²) in [7, 11) is 0. The Morgan fingerprint density at radius 2 is 2.13 bits per heavy atom. The number of hydrazone groups is 1. The first-order chi connectivity index (χ1) is 11.1. The fraction of sp³-hybridized carbons (Fsp3) is 0.467. The Morgan fingerprint density at radius 1 is 1.39 bits per heavy atom. The molecule has 2 rings (SSSR count). The number of nitrogens with zero attached hydrogens (tertiary/aromatic N) is 2. The quantitative estimate of drug-likeness (QED) is 0.419. The summed E-state index contributed by atoms with van der Waals surface area (Å²) < 4.78 is 0. The van der Waals surface area contributed by atoms with Crippen molar-refractivity contribution in [1.82, 2.24) is 10.7 Å². The molecule has 0 bridgehead atoms. The Kier molecular flexibility index (Phi) is 6.04. The predicted molar refractivity (Wildman–Crippen MR) is 85.4 cm³/mol. The molecule has 1 aliphatic carbocycles. The van der Waals surface area contributed by atoms with Crippen molar-refractivity contribution in [3.05, 3.63) is 33.9 Å². The molecule has 0 unspecified atom stereocenters. The highest BCUT2D eigenvalue weighted by molar-refractivity contribution is 5.84. The van der Waals surface area contributed by atoms with Crippen molar-refractivity contribution in [2.45, 2.75) is 38.1 Å². The molecule has 1 fully saturated rings. The maximum Gasteiger partial charge on any atom is 0.311 e. The lowest BCUT2D eigenvalue weighted by Gasteiger charge is -2.22. The number of nitro groups is 1. The SMILES string of the molecule is O=C(CNC1CCCCC1)N/N=C\c1ccc(O)c([N+](=O)[O-])c1. The third kappa shape index (κ3) is 5.33. The number of phenols is 1. The summed E-state index contributed by atoms with van der Waals surface area (Å²) in [6.07, 6.45) is 7.12. The molecule has 0 heterocycles. The van der Waals surface area contributed by atoms with E-state index in [1.165, 1.54) is 43.7 Å². The van der Waals surface area contributed by atoms with E-state index in [1.54, 1.807) is 0 Å². The van der Waals surface area contributed by atoms with Crippen LogP contribution in [0.2, 0.25) is 0 Å². The minimum Gasteiger partial charge on any atom is -0.502 e. The fourth-order valence-electron chi connectivity index (χ4n) is 2.53. The van der Waals surface area contributed by atoms with Gasteiger partial charge in [-0.1, -0.05) is 19.3 Å². The zero-order chi connectivity index (χ0) is 16.7. The van der Waals surface area contributed by atoms with Crippen LogP contribution in [0, 0.1) is 10.1 Å². The van der Waals surface area contributed by atoms with E-state index < -0.39 is 16.4 Å². The highest BCUT2D eigenvalue weighted by Gasteiger charge is 2.14. The Labute approximate surface area is 133 Å². The van der Waals surface area contributed by atoms with Crippen LogP contribution < -0.4 is 10.7 Å². The van der Waals surface area contributed by atoms with E-state index >= 15 is 0 Å². The number of benzene rings is 1. The van der Waals surface area contributed by atoms with Crippen LogP contribution in [0.3, 0.4) is 0 Å². The molecule has 8 nitrogen and oxygen atoms in total. The first-order valence-corrected chi connectivity index (χ1v) is 7.59. The van der Waals surface area contributed by atoms with Crippen LogP contribution >= 0.6 is 0 Å². The van der Waals surface area contributed by atoms with E-state index in [0.29, 0.717) is 11.6 Å². The fourth-order valence-corrected chi connectivity index (χ4v) is 2.53. The lowest BCUT2D eigenvalue weighted by Crippen LogP contribution is -2.38. The number of carbonyl (C=O) groups excluding carboxylic acids is 1. The van der Waals surface area contributed by atoms with Crippen LogP contribution in [0.15, 0.2) is 23.3 Å². The molecule has 0 atom stereocenters. The van der Waals surface area contributed by atoms with Crippen molar-refractivity contribution in [1.29, 1.82) is 0 Å². The highest BCUT2D eigenvalue weighted by atomic mass is 16.6. The number of phenolic OH excluding ortho intramolecular Hbond substituents is 1. The molecule has 3 N–H and O–H groups in total. The third-order valence-electron chi connectivity index (χ3n) is 3.76. The first kappa shape index (κ1) is 16.9. The van der Waals surface area contributed by atoms with Gasteiger partial charge in [0.25, 0.3) is 5.91 Å². The van der Waals surface area contributed by atoms with Gasteiger partial charge in [0.2, 0.25) is 0 Å².